The minimum Gasteiger partial charge on any atom is -0.508 e. The van der Waals surface area contributed by atoms with Crippen LogP contribution < -0.4 is 5.73 Å². The van der Waals surface area contributed by atoms with E-state index in [-0.39, 0.29) is 36.1 Å². The zero-order valence-electron chi connectivity index (χ0n) is 17.5. The monoisotopic (exact) mass is 458 g/mol. The van der Waals surface area contributed by atoms with Crippen molar-refractivity contribution in [1.82, 2.24) is 4.90 Å². The summed E-state index contributed by atoms with van der Waals surface area (Å²) >= 11 is 0. The Morgan fingerprint density at radius 1 is 1.19 bits per heavy atom. The van der Waals surface area contributed by atoms with E-state index in [1.165, 1.54) is 6.07 Å². The van der Waals surface area contributed by atoms with Gasteiger partial charge in [-0.3, -0.25) is 19.3 Å². The second-order valence-corrected chi connectivity index (χ2v) is 9.11. The second-order valence-electron chi connectivity index (χ2n) is 8.64. The molecule has 0 aliphatic heterocycles. The number of fused-ring (bicyclic) bond motifs is 3. The molecule has 1 fully saturated rings. The molecular weight excluding hydrogens is 435 g/mol. The second kappa shape index (κ2) is 7.27. The first-order chi connectivity index (χ1) is 14.9. The van der Waals surface area contributed by atoms with Gasteiger partial charge in [-0.05, 0) is 50.6 Å². The van der Waals surface area contributed by atoms with Crippen LogP contribution in [0, 0.1) is 11.8 Å². The van der Waals surface area contributed by atoms with Crippen LogP contribution in [0.15, 0.2) is 29.0 Å². The highest BCUT2D eigenvalue weighted by atomic mass is 31.0. The van der Waals surface area contributed by atoms with Crippen molar-refractivity contribution < 1.29 is 34.8 Å². The Balaban J connectivity index is 1.94. The molecule has 4 rings (SSSR count). The van der Waals surface area contributed by atoms with Gasteiger partial charge in [-0.1, -0.05) is 0 Å². The lowest BCUT2D eigenvalue weighted by Gasteiger charge is -2.46. The third-order valence-corrected chi connectivity index (χ3v) is 7.37. The maximum Gasteiger partial charge on any atom is 0.255 e. The first-order valence-electron chi connectivity index (χ1n) is 9.99. The molecule has 3 aliphatic carbocycles. The fraction of sp³-hybridized carbons (Fsp3) is 0.364. The molecule has 0 spiro atoms. The van der Waals surface area contributed by atoms with Gasteiger partial charge in [-0.2, -0.15) is 0 Å². The third-order valence-electron chi connectivity index (χ3n) is 6.65. The van der Waals surface area contributed by atoms with E-state index in [4.69, 9.17) is 5.73 Å². The smallest absolute Gasteiger partial charge is 0.255 e. The fourth-order valence-electron chi connectivity index (χ4n) is 5.08. The minimum atomic E-state index is -2.56. The number of phenols is 1. The number of rotatable bonds is 3. The lowest BCUT2D eigenvalue weighted by atomic mass is 9.59. The van der Waals surface area contributed by atoms with Crippen LogP contribution in [0.25, 0.3) is 5.76 Å². The van der Waals surface area contributed by atoms with Crippen LogP contribution in [-0.2, 0) is 20.8 Å². The maximum atomic E-state index is 13.4. The molecule has 0 unspecified atom stereocenters. The number of hydrogen-bond acceptors (Lipinski definition) is 7. The van der Waals surface area contributed by atoms with Gasteiger partial charge in [0.05, 0.1) is 5.56 Å². The van der Waals surface area contributed by atoms with E-state index < -0.39 is 52.0 Å². The number of nitrogens with two attached hydrogens (primary N) is 1. The fourth-order valence-corrected chi connectivity index (χ4v) is 5.32. The Morgan fingerprint density at radius 2 is 1.84 bits per heavy atom. The topological polar surface area (TPSA) is 161 Å². The van der Waals surface area contributed by atoms with Gasteiger partial charge >= 0.3 is 0 Å². The molecule has 3 atom stereocenters. The number of primary amides is 1. The number of hydrogen-bond donors (Lipinski definition) is 5. The molecule has 3 aliphatic rings. The summed E-state index contributed by atoms with van der Waals surface area (Å²) in [6, 6.07) is 3.08. The van der Waals surface area contributed by atoms with Crippen molar-refractivity contribution in [3.63, 3.8) is 0 Å². The Labute approximate surface area is 185 Å². The number of Topliss-reactive ketones (excluding diaryl/α,β-unsaturated/α-hetero) is 2. The van der Waals surface area contributed by atoms with Crippen LogP contribution in [0.2, 0.25) is 0 Å². The van der Waals surface area contributed by atoms with Gasteiger partial charge in [0.25, 0.3) is 5.91 Å². The van der Waals surface area contributed by atoms with Crippen LogP contribution in [0.1, 0.15) is 29.5 Å². The predicted octanol–water partition coefficient (Wildman–Crippen LogP) is 0.606. The Bertz CT molecular complexity index is 1180. The molecule has 6 N–H and O–H groups in total. The lowest BCUT2D eigenvalue weighted by molar-refractivity contribution is -0.147. The Morgan fingerprint density at radius 3 is 2.44 bits per heavy atom. The van der Waals surface area contributed by atoms with Gasteiger partial charge in [-0.15, -0.1) is 8.86 Å². The van der Waals surface area contributed by atoms with Crippen LogP contribution in [0.5, 0.6) is 5.75 Å². The summed E-state index contributed by atoms with van der Waals surface area (Å²) in [6.07, 6.45) is -0.000985. The number of nitrogens with zero attached hydrogens (tertiary/aromatic N) is 1. The SMILES string of the molecule is CN(C)C(=P)c1ccc(O)c2c1C[C@H]1C[C@H]3CC(=O)C(C(N)=O)=C(O)[C@@]3(O)C(=O)C1=C2O. The molecule has 0 radical (unpaired) electrons. The molecule has 9 nitrogen and oxygen atoms in total. The molecule has 168 valence electrons. The number of benzene rings is 1. The van der Waals surface area contributed by atoms with E-state index in [2.05, 4.69) is 8.86 Å². The van der Waals surface area contributed by atoms with E-state index in [9.17, 15) is 34.8 Å². The third kappa shape index (κ3) is 2.85. The molecule has 0 heterocycles. The Hall–Kier alpha value is -3.00. The molecule has 1 amide bonds. The lowest BCUT2D eigenvalue weighted by Crippen LogP contribution is -2.58. The van der Waals surface area contributed by atoms with Crippen LogP contribution in [-0.4, -0.2) is 67.9 Å². The number of carbonyl (C=O) groups is 3. The summed E-state index contributed by atoms with van der Waals surface area (Å²) in [7, 11) is 7.19. The van der Waals surface area contributed by atoms with Crippen LogP contribution in [0.3, 0.4) is 0 Å². The summed E-state index contributed by atoms with van der Waals surface area (Å²) in [5, 5.41) is 43.3. The molecule has 32 heavy (non-hydrogen) atoms. The predicted molar refractivity (Wildman–Crippen MR) is 117 cm³/mol. The van der Waals surface area contributed by atoms with E-state index in [0.717, 1.165) is 0 Å². The van der Waals surface area contributed by atoms with Crippen molar-refractivity contribution in [2.45, 2.75) is 24.9 Å². The van der Waals surface area contributed by atoms with Crippen molar-refractivity contribution in [2.24, 2.45) is 17.6 Å². The van der Waals surface area contributed by atoms with E-state index in [1.54, 1.807) is 11.0 Å². The average molecular weight is 458 g/mol. The number of aliphatic hydroxyl groups excluding tert-OH is 2. The molecular formula is C22H23N2O7P. The summed E-state index contributed by atoms with van der Waals surface area (Å²) in [4.78, 5) is 39.3. The van der Waals surface area contributed by atoms with Crippen LogP contribution >= 0.6 is 8.86 Å². The number of aliphatic hydroxyl groups is 3. The highest BCUT2D eigenvalue weighted by Crippen LogP contribution is 2.52. The summed E-state index contributed by atoms with van der Waals surface area (Å²) in [6.45, 7) is 0. The van der Waals surface area contributed by atoms with Gasteiger partial charge in [-0.25, -0.2) is 0 Å². The molecule has 10 heteroatoms. The molecule has 1 saturated carbocycles. The van der Waals surface area contributed by atoms with Crippen molar-refractivity contribution in [3.8, 4) is 5.75 Å². The van der Waals surface area contributed by atoms with Gasteiger partial charge in [0.15, 0.2) is 11.4 Å². The molecule has 1 aromatic carbocycles. The Kier molecular flexibility index (Phi) is 5.04. The minimum absolute atomic E-state index is 0.0622. The number of aromatic hydroxyl groups is 1. The largest absolute Gasteiger partial charge is 0.508 e. The molecule has 0 saturated heterocycles. The van der Waals surface area contributed by atoms with Crippen LogP contribution in [0.4, 0.5) is 0 Å². The summed E-state index contributed by atoms with van der Waals surface area (Å²) in [5.41, 5.74) is 3.72. The maximum absolute atomic E-state index is 13.4. The number of carbonyl (C=O) groups excluding carboxylic acids is 3. The van der Waals surface area contributed by atoms with E-state index in [1.807, 2.05) is 14.1 Å². The van der Waals surface area contributed by atoms with Crippen molar-refractivity contribution >= 4 is 37.5 Å². The molecule has 1 aromatic rings. The van der Waals surface area contributed by atoms with E-state index in [0.29, 0.717) is 16.5 Å². The van der Waals surface area contributed by atoms with Gasteiger partial charge < -0.3 is 26.2 Å². The highest BCUT2D eigenvalue weighted by molar-refractivity contribution is 7.21. The number of phenolic OH excluding ortho intramolecular Hbond substituents is 1. The first kappa shape index (κ1) is 22.2. The van der Waals surface area contributed by atoms with Gasteiger partial charge in [0.1, 0.15) is 22.8 Å². The van der Waals surface area contributed by atoms with E-state index >= 15 is 0 Å². The normalized spacial score (nSPS) is 27.2. The van der Waals surface area contributed by atoms with Crippen molar-refractivity contribution in [2.75, 3.05) is 14.1 Å². The van der Waals surface area contributed by atoms with Gasteiger partial charge in [0.2, 0.25) is 5.78 Å². The van der Waals surface area contributed by atoms with Crippen molar-refractivity contribution in [3.05, 3.63) is 45.7 Å². The van der Waals surface area contributed by atoms with Gasteiger partial charge in [0, 0.05) is 28.9 Å². The zero-order chi connectivity index (χ0) is 23.7. The molecule has 0 bridgehead atoms. The zero-order valence-corrected chi connectivity index (χ0v) is 18.5. The number of ketones is 2. The first-order valence-corrected chi connectivity index (χ1v) is 10.5. The summed E-state index contributed by atoms with van der Waals surface area (Å²) in [5.74, 6) is -6.39. The van der Waals surface area contributed by atoms with Crippen molar-refractivity contribution in [1.29, 1.82) is 0 Å². The standard InChI is InChI=1S/C22H23N2O7P/c1-24(2)21(32)10-3-4-12(25)15-11(10)6-8-5-9-7-13(26)16(20(23)30)19(29)22(9,31)18(28)14(8)17(15)27/h3-4,8-9,25,27,29,31-32H,5-7H2,1-2H3,(H2,23,30)/t8-,9+,22+/m1/s1. The average Bonchev–Trinajstić information content (AvgIpc) is 2.70. The highest BCUT2D eigenvalue weighted by Gasteiger charge is 2.60. The molecule has 0 aromatic heterocycles. The number of amides is 1. The quantitative estimate of drug-likeness (QED) is 0.325. The summed E-state index contributed by atoms with van der Waals surface area (Å²) < 4.78 is 0.